The van der Waals surface area contributed by atoms with Gasteiger partial charge in [0.05, 0.1) is 4.90 Å². The van der Waals surface area contributed by atoms with Gasteiger partial charge in [0.2, 0.25) is 10.0 Å². The van der Waals surface area contributed by atoms with Crippen LogP contribution in [0.2, 0.25) is 5.02 Å². The molecule has 21 heavy (non-hydrogen) atoms. The van der Waals surface area contributed by atoms with Gasteiger partial charge in [-0.05, 0) is 48.1 Å². The van der Waals surface area contributed by atoms with Gasteiger partial charge in [-0.15, -0.1) is 11.3 Å². The van der Waals surface area contributed by atoms with E-state index >= 15 is 0 Å². The average molecular weight is 345 g/mol. The third-order valence-electron chi connectivity index (χ3n) is 3.30. The van der Waals surface area contributed by atoms with Crippen molar-refractivity contribution in [3.05, 3.63) is 44.6 Å². The monoisotopic (exact) mass is 344 g/mol. The van der Waals surface area contributed by atoms with Gasteiger partial charge in [0, 0.05) is 22.1 Å². The summed E-state index contributed by atoms with van der Waals surface area (Å²) in [5.41, 5.74) is 7.81. The van der Waals surface area contributed by atoms with Crippen molar-refractivity contribution in [3.8, 4) is 0 Å². The predicted octanol–water partition coefficient (Wildman–Crippen LogP) is 3.33. The highest BCUT2D eigenvalue weighted by Crippen LogP contribution is 2.26. The summed E-state index contributed by atoms with van der Waals surface area (Å²) in [6.45, 7) is 3.99. The fourth-order valence-corrected chi connectivity index (χ4v) is 4.62. The molecule has 0 saturated carbocycles. The van der Waals surface area contributed by atoms with Crippen molar-refractivity contribution in [1.82, 2.24) is 4.72 Å². The first-order valence-electron chi connectivity index (χ1n) is 6.45. The Morgan fingerprint density at radius 3 is 2.76 bits per heavy atom. The number of hydrogen-bond donors (Lipinski definition) is 2. The second-order valence-corrected chi connectivity index (χ2v) is 7.84. The molecule has 1 aromatic heterocycles. The highest BCUT2D eigenvalue weighted by Gasteiger charge is 2.19. The lowest BCUT2D eigenvalue weighted by molar-refractivity contribution is 0.581. The van der Waals surface area contributed by atoms with Crippen molar-refractivity contribution in [2.24, 2.45) is 0 Å². The molecule has 3 N–H and O–H groups in total. The van der Waals surface area contributed by atoms with Crippen LogP contribution in [0.25, 0.3) is 0 Å². The normalized spacial score (nSPS) is 11.8. The first-order chi connectivity index (χ1) is 9.85. The maximum atomic E-state index is 12.4. The minimum absolute atomic E-state index is 0.127. The third kappa shape index (κ3) is 3.58. The van der Waals surface area contributed by atoms with Crippen LogP contribution in [-0.2, 0) is 23.0 Å². The van der Waals surface area contributed by atoms with E-state index in [0.717, 1.165) is 16.9 Å². The molecule has 0 fully saturated rings. The number of rotatable bonds is 5. The van der Waals surface area contributed by atoms with Gasteiger partial charge >= 0.3 is 0 Å². The van der Waals surface area contributed by atoms with Crippen LogP contribution < -0.4 is 10.5 Å². The Balaban J connectivity index is 2.27. The highest BCUT2D eigenvalue weighted by molar-refractivity contribution is 7.89. The van der Waals surface area contributed by atoms with E-state index in [0.29, 0.717) is 16.3 Å². The number of nitrogen functional groups attached to an aromatic ring is 1. The number of halogens is 1. The van der Waals surface area contributed by atoms with Gasteiger partial charge in [0.25, 0.3) is 0 Å². The summed E-state index contributed by atoms with van der Waals surface area (Å²) in [6.07, 6.45) is 0.879. The molecule has 0 aliphatic rings. The molecule has 0 aliphatic carbocycles. The van der Waals surface area contributed by atoms with Crippen LogP contribution >= 0.6 is 22.9 Å². The Morgan fingerprint density at radius 2 is 2.10 bits per heavy atom. The maximum absolute atomic E-state index is 12.4. The average Bonchev–Trinajstić information content (AvgIpc) is 2.88. The lowest BCUT2D eigenvalue weighted by atomic mass is 10.2. The van der Waals surface area contributed by atoms with Crippen LogP contribution in [-0.4, -0.2) is 8.42 Å². The molecule has 0 atom stereocenters. The second-order valence-electron chi connectivity index (χ2n) is 4.67. The number of thiophene rings is 1. The van der Waals surface area contributed by atoms with E-state index in [4.69, 9.17) is 17.3 Å². The SMILES string of the molecule is CCc1ccsc1CNS(=O)(=O)c1cc(Cl)cc(N)c1C. The fourth-order valence-electron chi connectivity index (χ4n) is 2.03. The van der Waals surface area contributed by atoms with Gasteiger partial charge < -0.3 is 5.73 Å². The number of sulfonamides is 1. The van der Waals surface area contributed by atoms with Crippen molar-refractivity contribution in [2.45, 2.75) is 31.7 Å². The Bertz CT molecular complexity index is 754. The molecule has 1 aromatic carbocycles. The zero-order chi connectivity index (χ0) is 15.6. The zero-order valence-corrected chi connectivity index (χ0v) is 14.2. The van der Waals surface area contributed by atoms with Gasteiger partial charge in [-0.1, -0.05) is 18.5 Å². The molecule has 0 unspecified atom stereocenters. The molecular weight excluding hydrogens is 328 g/mol. The fraction of sp³-hybridized carbons (Fsp3) is 0.286. The topological polar surface area (TPSA) is 72.2 Å². The molecule has 0 aliphatic heterocycles. The quantitative estimate of drug-likeness (QED) is 0.817. The van der Waals surface area contributed by atoms with E-state index in [1.165, 1.54) is 6.07 Å². The van der Waals surface area contributed by atoms with Crippen molar-refractivity contribution in [3.63, 3.8) is 0 Å². The van der Waals surface area contributed by atoms with Crippen LogP contribution in [0.1, 0.15) is 22.9 Å². The third-order valence-corrected chi connectivity index (χ3v) is 6.00. The molecule has 0 radical (unpaired) electrons. The summed E-state index contributed by atoms with van der Waals surface area (Å²) in [4.78, 5) is 1.15. The summed E-state index contributed by atoms with van der Waals surface area (Å²) in [7, 11) is -3.64. The maximum Gasteiger partial charge on any atom is 0.241 e. The standard InChI is InChI=1S/C14H17ClN2O2S2/c1-3-10-4-5-20-13(10)8-17-21(18,19)14-7-11(15)6-12(16)9(14)2/h4-7,17H,3,8,16H2,1-2H3. The first-order valence-corrected chi connectivity index (χ1v) is 9.19. The largest absolute Gasteiger partial charge is 0.398 e. The summed E-state index contributed by atoms with van der Waals surface area (Å²) in [6, 6.07) is 4.98. The number of anilines is 1. The van der Waals surface area contributed by atoms with Crippen LogP contribution in [0.3, 0.4) is 0 Å². The van der Waals surface area contributed by atoms with Crippen molar-refractivity contribution < 1.29 is 8.42 Å². The van der Waals surface area contributed by atoms with E-state index in [-0.39, 0.29) is 11.4 Å². The number of aryl methyl sites for hydroxylation is 1. The summed E-state index contributed by atoms with van der Waals surface area (Å²) < 4.78 is 27.5. The highest BCUT2D eigenvalue weighted by atomic mass is 35.5. The van der Waals surface area contributed by atoms with E-state index in [9.17, 15) is 8.42 Å². The van der Waals surface area contributed by atoms with Crippen LogP contribution in [0.15, 0.2) is 28.5 Å². The van der Waals surface area contributed by atoms with Crippen molar-refractivity contribution >= 4 is 38.6 Å². The van der Waals surface area contributed by atoms with E-state index in [2.05, 4.69) is 4.72 Å². The van der Waals surface area contributed by atoms with Gasteiger partial charge in [-0.2, -0.15) is 0 Å². The minimum atomic E-state index is -3.64. The predicted molar refractivity (Wildman–Crippen MR) is 88.3 cm³/mol. The van der Waals surface area contributed by atoms with Crippen LogP contribution in [0, 0.1) is 6.92 Å². The van der Waals surface area contributed by atoms with E-state index < -0.39 is 10.0 Å². The summed E-state index contributed by atoms with van der Waals surface area (Å²) in [5, 5.41) is 2.27. The molecule has 0 amide bonds. The van der Waals surface area contributed by atoms with Gasteiger partial charge in [0.15, 0.2) is 0 Å². The van der Waals surface area contributed by atoms with Gasteiger partial charge in [-0.3, -0.25) is 0 Å². The lowest BCUT2D eigenvalue weighted by Crippen LogP contribution is -2.24. The summed E-state index contributed by atoms with van der Waals surface area (Å²) >= 11 is 7.45. The molecule has 2 aromatic rings. The van der Waals surface area contributed by atoms with Crippen LogP contribution in [0.4, 0.5) is 5.69 Å². The molecule has 2 rings (SSSR count). The molecular formula is C14H17ClN2O2S2. The van der Waals surface area contributed by atoms with Crippen molar-refractivity contribution in [1.29, 1.82) is 0 Å². The number of benzene rings is 1. The molecule has 0 spiro atoms. The first kappa shape index (κ1) is 16.3. The second kappa shape index (κ2) is 6.36. The molecule has 0 saturated heterocycles. The summed E-state index contributed by atoms with van der Waals surface area (Å²) in [5.74, 6) is 0. The molecule has 4 nitrogen and oxygen atoms in total. The molecule has 0 bridgehead atoms. The number of nitrogens with one attached hydrogen (secondary N) is 1. The molecule has 7 heteroatoms. The smallest absolute Gasteiger partial charge is 0.241 e. The lowest BCUT2D eigenvalue weighted by Gasteiger charge is -2.11. The van der Waals surface area contributed by atoms with Crippen LogP contribution in [0.5, 0.6) is 0 Å². The molecule has 114 valence electrons. The van der Waals surface area contributed by atoms with Gasteiger partial charge in [-0.25, -0.2) is 13.1 Å². The minimum Gasteiger partial charge on any atom is -0.398 e. The van der Waals surface area contributed by atoms with Crippen molar-refractivity contribution in [2.75, 3.05) is 5.73 Å². The zero-order valence-electron chi connectivity index (χ0n) is 11.8. The number of nitrogens with two attached hydrogens (primary N) is 1. The Hall–Kier alpha value is -1.08. The van der Waals surface area contributed by atoms with Gasteiger partial charge in [0.1, 0.15) is 0 Å². The Morgan fingerprint density at radius 1 is 1.38 bits per heavy atom. The Labute approximate surface area is 134 Å². The Kier molecular flexibility index (Phi) is 4.93. The number of hydrogen-bond acceptors (Lipinski definition) is 4. The molecule has 1 heterocycles. The van der Waals surface area contributed by atoms with E-state index in [1.54, 1.807) is 24.3 Å². The van der Waals surface area contributed by atoms with E-state index in [1.807, 2.05) is 18.4 Å².